The molecule has 5 rings (SSSR count). The van der Waals surface area contributed by atoms with Crippen molar-refractivity contribution in [3.63, 3.8) is 0 Å². The Balaban J connectivity index is 0.00000205. The lowest BCUT2D eigenvalue weighted by Gasteiger charge is -2.33. The third kappa shape index (κ3) is 3.37. The SMILES string of the molecule is [Br-].c1ccc([P+](c2ccccc2)(c2ccccc2)C2CCc3ccccc32)cc1. The molecule has 144 valence electrons. The van der Waals surface area contributed by atoms with E-state index in [0.717, 1.165) is 0 Å². The minimum atomic E-state index is -1.83. The predicted molar refractivity (Wildman–Crippen MR) is 123 cm³/mol. The van der Waals surface area contributed by atoms with E-state index in [1.807, 2.05) is 0 Å². The van der Waals surface area contributed by atoms with Crippen molar-refractivity contribution in [3.8, 4) is 0 Å². The second-order valence-electron chi connectivity index (χ2n) is 7.48. The summed E-state index contributed by atoms with van der Waals surface area (Å²) >= 11 is 0. The standard InChI is InChI=1S/C27H24P.BrH/c1-4-13-23(14-5-1)28(24-15-6-2-7-16-24,25-17-8-3-9-18-25)27-21-20-22-12-10-11-19-26(22)27;/h1-19,27H,20-21H2;1H/q+1;/p-1. The van der Waals surface area contributed by atoms with E-state index in [4.69, 9.17) is 0 Å². The average Bonchev–Trinajstić information content (AvgIpc) is 3.21. The lowest BCUT2D eigenvalue weighted by atomic mass is 10.1. The number of halogens is 1. The minimum Gasteiger partial charge on any atom is -1.00 e. The van der Waals surface area contributed by atoms with Gasteiger partial charge in [-0.05, 0) is 60.4 Å². The molecule has 1 aliphatic rings. The van der Waals surface area contributed by atoms with Crippen LogP contribution in [0.25, 0.3) is 0 Å². The number of benzene rings is 4. The molecular formula is C27H24BrP. The van der Waals surface area contributed by atoms with Crippen molar-refractivity contribution in [3.05, 3.63) is 126 Å². The van der Waals surface area contributed by atoms with Gasteiger partial charge in [0.25, 0.3) is 0 Å². The van der Waals surface area contributed by atoms with Gasteiger partial charge < -0.3 is 17.0 Å². The Bertz CT molecular complexity index is 965. The molecule has 0 aliphatic heterocycles. The van der Waals surface area contributed by atoms with E-state index in [-0.39, 0.29) is 17.0 Å². The maximum absolute atomic E-state index is 2.37. The molecule has 0 nitrogen and oxygen atoms in total. The first-order valence-electron chi connectivity index (χ1n) is 10.0. The Morgan fingerprint density at radius 3 is 1.41 bits per heavy atom. The van der Waals surface area contributed by atoms with E-state index >= 15 is 0 Å². The molecule has 0 aromatic heterocycles. The Morgan fingerprint density at radius 1 is 0.517 bits per heavy atom. The normalized spacial score (nSPS) is 15.4. The van der Waals surface area contributed by atoms with Crippen molar-refractivity contribution in [2.75, 3.05) is 0 Å². The number of aryl methyl sites for hydroxylation is 1. The molecule has 29 heavy (non-hydrogen) atoms. The highest BCUT2D eigenvalue weighted by Gasteiger charge is 2.54. The van der Waals surface area contributed by atoms with Crippen LogP contribution in [0, 0.1) is 0 Å². The quantitative estimate of drug-likeness (QED) is 0.412. The van der Waals surface area contributed by atoms with E-state index in [0.29, 0.717) is 5.66 Å². The Kier molecular flexibility index (Phi) is 5.99. The van der Waals surface area contributed by atoms with Crippen LogP contribution in [0.3, 0.4) is 0 Å². The summed E-state index contributed by atoms with van der Waals surface area (Å²) < 4.78 is 0. The van der Waals surface area contributed by atoms with Gasteiger partial charge in [0, 0.05) is 0 Å². The van der Waals surface area contributed by atoms with Gasteiger partial charge in [0.05, 0.1) is 0 Å². The minimum absolute atomic E-state index is 0. The van der Waals surface area contributed by atoms with E-state index < -0.39 is 7.26 Å². The zero-order valence-corrected chi connectivity index (χ0v) is 18.8. The van der Waals surface area contributed by atoms with Crippen molar-refractivity contribution in [1.29, 1.82) is 0 Å². The third-order valence-electron chi connectivity index (χ3n) is 6.06. The van der Waals surface area contributed by atoms with Gasteiger partial charge in [0.15, 0.2) is 0 Å². The molecule has 0 fully saturated rings. The maximum atomic E-state index is 2.37. The number of hydrogen-bond acceptors (Lipinski definition) is 0. The molecule has 0 N–H and O–H groups in total. The zero-order chi connectivity index (χ0) is 18.8. The van der Waals surface area contributed by atoms with Gasteiger partial charge in [-0.2, -0.15) is 0 Å². The van der Waals surface area contributed by atoms with Gasteiger partial charge in [-0.25, -0.2) is 0 Å². The van der Waals surface area contributed by atoms with E-state index in [9.17, 15) is 0 Å². The Morgan fingerprint density at radius 2 is 0.931 bits per heavy atom. The van der Waals surface area contributed by atoms with Gasteiger partial charge >= 0.3 is 0 Å². The molecule has 1 aliphatic carbocycles. The van der Waals surface area contributed by atoms with Crippen LogP contribution in [0.2, 0.25) is 0 Å². The third-order valence-corrected chi connectivity index (χ3v) is 10.9. The van der Waals surface area contributed by atoms with Gasteiger partial charge in [0.2, 0.25) is 0 Å². The first-order valence-corrected chi connectivity index (χ1v) is 11.9. The summed E-state index contributed by atoms with van der Waals surface area (Å²) in [6.45, 7) is 0. The fourth-order valence-corrected chi connectivity index (χ4v) is 10.0. The summed E-state index contributed by atoms with van der Waals surface area (Å²) in [6, 6.07) is 42.9. The molecular weight excluding hydrogens is 435 g/mol. The van der Waals surface area contributed by atoms with Crippen LogP contribution >= 0.6 is 7.26 Å². The predicted octanol–water partition coefficient (Wildman–Crippen LogP) is 2.67. The second-order valence-corrected chi connectivity index (χ2v) is 11.1. The highest BCUT2D eigenvalue weighted by molar-refractivity contribution is 7.96. The fraction of sp³-hybridized carbons (Fsp3) is 0.111. The van der Waals surface area contributed by atoms with E-state index in [1.54, 1.807) is 5.56 Å². The molecule has 4 aromatic carbocycles. The van der Waals surface area contributed by atoms with Crippen LogP contribution in [0.5, 0.6) is 0 Å². The first-order chi connectivity index (χ1) is 13.9. The molecule has 0 saturated carbocycles. The molecule has 2 heteroatoms. The molecule has 0 saturated heterocycles. The van der Waals surface area contributed by atoms with Crippen molar-refractivity contribution in [1.82, 2.24) is 0 Å². The van der Waals surface area contributed by atoms with Crippen LogP contribution < -0.4 is 32.9 Å². The van der Waals surface area contributed by atoms with Crippen molar-refractivity contribution in [2.45, 2.75) is 18.5 Å². The highest BCUT2D eigenvalue weighted by Crippen LogP contribution is 2.69. The summed E-state index contributed by atoms with van der Waals surface area (Å²) in [5, 5.41) is 4.44. The smallest absolute Gasteiger partial charge is 0.119 e. The number of rotatable bonds is 4. The monoisotopic (exact) mass is 458 g/mol. The van der Waals surface area contributed by atoms with Gasteiger partial charge in [-0.15, -0.1) is 0 Å². The molecule has 1 atom stereocenters. The van der Waals surface area contributed by atoms with Crippen LogP contribution in [-0.2, 0) is 6.42 Å². The van der Waals surface area contributed by atoms with Crippen molar-refractivity contribution in [2.24, 2.45) is 0 Å². The Hall–Kier alpha value is -2.21. The summed E-state index contributed by atoms with van der Waals surface area (Å²) in [5.41, 5.74) is 3.60. The summed E-state index contributed by atoms with van der Waals surface area (Å²) in [6.07, 6.45) is 2.39. The van der Waals surface area contributed by atoms with Gasteiger partial charge in [-0.1, -0.05) is 78.9 Å². The summed E-state index contributed by atoms with van der Waals surface area (Å²) in [7, 11) is -1.83. The largest absolute Gasteiger partial charge is 1.00 e. The molecule has 0 bridgehead atoms. The Labute approximate surface area is 184 Å². The van der Waals surface area contributed by atoms with E-state index in [1.165, 1.54) is 34.3 Å². The van der Waals surface area contributed by atoms with Crippen LogP contribution in [-0.4, -0.2) is 0 Å². The number of fused-ring (bicyclic) bond motifs is 1. The molecule has 0 spiro atoms. The average molecular weight is 459 g/mol. The van der Waals surface area contributed by atoms with Gasteiger partial charge in [-0.3, -0.25) is 0 Å². The molecule has 0 amide bonds. The van der Waals surface area contributed by atoms with Crippen molar-refractivity contribution < 1.29 is 17.0 Å². The molecule has 0 heterocycles. The lowest BCUT2D eigenvalue weighted by molar-refractivity contribution is -0.00000534. The lowest BCUT2D eigenvalue weighted by Crippen LogP contribution is -3.00. The molecule has 4 aromatic rings. The second kappa shape index (κ2) is 8.66. The van der Waals surface area contributed by atoms with Crippen molar-refractivity contribution >= 4 is 23.2 Å². The molecule has 1 unspecified atom stereocenters. The van der Waals surface area contributed by atoms with Crippen LogP contribution in [0.1, 0.15) is 23.2 Å². The van der Waals surface area contributed by atoms with Gasteiger partial charge in [0.1, 0.15) is 28.8 Å². The summed E-state index contributed by atoms with van der Waals surface area (Å²) in [5.74, 6) is 0. The highest BCUT2D eigenvalue weighted by atomic mass is 79.9. The fourth-order valence-electron chi connectivity index (χ4n) is 4.91. The van der Waals surface area contributed by atoms with E-state index in [2.05, 4.69) is 115 Å². The maximum Gasteiger partial charge on any atom is 0.119 e. The number of hydrogen-bond donors (Lipinski definition) is 0. The molecule has 0 radical (unpaired) electrons. The summed E-state index contributed by atoms with van der Waals surface area (Å²) in [4.78, 5) is 0. The first kappa shape index (κ1) is 20.1. The van der Waals surface area contributed by atoms with Crippen LogP contribution in [0.15, 0.2) is 115 Å². The van der Waals surface area contributed by atoms with Crippen LogP contribution in [0.4, 0.5) is 0 Å². The topological polar surface area (TPSA) is 0 Å². The zero-order valence-electron chi connectivity index (χ0n) is 16.3.